The molecule has 16 nitrogen and oxygen atoms in total. The zero-order valence-corrected chi connectivity index (χ0v) is 35.1. The second-order valence-electron chi connectivity index (χ2n) is 14.4. The Morgan fingerprint density at radius 3 is 1.44 bits per heavy atom. The number of nitro groups is 2. The summed E-state index contributed by atoms with van der Waals surface area (Å²) in [5.74, 6) is 0.184. The van der Waals surface area contributed by atoms with Crippen LogP contribution >= 0.6 is 46.2 Å². The molecule has 4 aromatic carbocycles. The fourth-order valence-corrected chi connectivity index (χ4v) is 11.8. The smallest absolute Gasteiger partial charge is 0.269 e. The third-order valence-corrected chi connectivity index (χ3v) is 14.8. The van der Waals surface area contributed by atoms with Gasteiger partial charge in [0, 0.05) is 35.0 Å². The van der Waals surface area contributed by atoms with Crippen LogP contribution in [0.1, 0.15) is 44.1 Å². The number of anilines is 2. The number of aromatic nitrogens is 4. The molecular weight excluding hydrogens is 861 g/mol. The van der Waals surface area contributed by atoms with Crippen molar-refractivity contribution in [3.63, 3.8) is 0 Å². The summed E-state index contributed by atoms with van der Waals surface area (Å²) in [5, 5.41) is 43.4. The Morgan fingerprint density at radius 1 is 0.639 bits per heavy atom. The maximum absolute atomic E-state index is 13.2. The van der Waals surface area contributed by atoms with Gasteiger partial charge in [0.2, 0.25) is 22.1 Å². The first-order chi connectivity index (χ1) is 29.5. The highest BCUT2D eigenvalue weighted by Crippen LogP contribution is 2.47. The topological polar surface area (TPSA) is 205 Å². The molecule has 0 bridgehead atoms. The lowest BCUT2D eigenvalue weighted by molar-refractivity contribution is -0.385. The van der Waals surface area contributed by atoms with Gasteiger partial charge in [0.25, 0.3) is 11.4 Å². The van der Waals surface area contributed by atoms with Crippen molar-refractivity contribution < 1.29 is 28.3 Å². The van der Waals surface area contributed by atoms with Crippen molar-refractivity contribution in [2.24, 2.45) is 0 Å². The lowest BCUT2D eigenvalue weighted by Gasteiger charge is -2.20. The monoisotopic (exact) mass is 888 g/mol. The predicted molar refractivity (Wildman–Crippen MR) is 234 cm³/mol. The van der Waals surface area contributed by atoms with Crippen LogP contribution in [-0.4, -0.2) is 53.6 Å². The highest BCUT2D eigenvalue weighted by atomic mass is 32.2. The molecule has 0 radical (unpaired) electrons. The van der Waals surface area contributed by atoms with Gasteiger partial charge in [-0.2, -0.15) is 0 Å². The average molecular weight is 889 g/mol. The van der Waals surface area contributed by atoms with Gasteiger partial charge in [0.05, 0.1) is 45.0 Å². The number of hydrogen-bond acceptors (Lipinski definition) is 16. The van der Waals surface area contributed by atoms with E-state index in [1.165, 1.54) is 70.5 Å². The summed E-state index contributed by atoms with van der Waals surface area (Å²) in [7, 11) is 0. The quantitative estimate of drug-likeness (QED) is 0.0926. The number of amides is 2. The molecule has 2 aliphatic heterocycles. The molecule has 0 aliphatic carbocycles. The van der Waals surface area contributed by atoms with Crippen LogP contribution in [0.3, 0.4) is 0 Å². The van der Waals surface area contributed by atoms with Gasteiger partial charge in [-0.1, -0.05) is 22.7 Å². The first-order valence-corrected chi connectivity index (χ1v) is 22.3. The lowest BCUT2D eigenvalue weighted by Crippen LogP contribution is -2.27. The van der Waals surface area contributed by atoms with E-state index in [9.17, 15) is 29.8 Å². The number of hydrogen-bond donors (Lipinski definition) is 0. The Morgan fingerprint density at radius 2 is 1.05 bits per heavy atom. The first kappa shape index (κ1) is 38.7. The molecule has 61 heavy (non-hydrogen) atoms. The SMILES string of the molecule is Cc1coc2c(-c3nnc(N4C(=O)CSC4c4ccc([N+](=O)[O-])cc4)s3)cc(Cc3cc(-c4nnc(N5C(=O)CSC5c5ccc([N+](=O)[O-])cc5)s4)c4occ(C)c4c3)cc12. The van der Waals surface area contributed by atoms with Gasteiger partial charge in [-0.3, -0.25) is 39.6 Å². The summed E-state index contributed by atoms with van der Waals surface area (Å²) >= 11 is 5.38. The Bertz CT molecular complexity index is 2880. The van der Waals surface area contributed by atoms with Crippen LogP contribution in [0.5, 0.6) is 0 Å². The number of fused-ring (bicyclic) bond motifs is 2. The molecule has 6 heterocycles. The molecule has 2 amide bonds. The first-order valence-electron chi connectivity index (χ1n) is 18.6. The molecule has 2 unspecified atom stereocenters. The van der Waals surface area contributed by atoms with Crippen LogP contribution in [0, 0.1) is 34.1 Å². The molecule has 20 heteroatoms. The zero-order chi connectivity index (χ0) is 42.1. The normalized spacial score (nSPS) is 16.8. The van der Waals surface area contributed by atoms with Crippen LogP contribution in [-0.2, 0) is 16.0 Å². The van der Waals surface area contributed by atoms with Crippen molar-refractivity contribution in [1.82, 2.24) is 20.4 Å². The Labute approximate surface area is 360 Å². The maximum atomic E-state index is 13.2. The van der Waals surface area contributed by atoms with Gasteiger partial charge in [0.15, 0.2) is 10.0 Å². The van der Waals surface area contributed by atoms with Crippen LogP contribution in [0.2, 0.25) is 0 Å². The van der Waals surface area contributed by atoms with Crippen molar-refractivity contribution in [2.75, 3.05) is 21.3 Å². The summed E-state index contributed by atoms with van der Waals surface area (Å²) in [5.41, 5.74) is 7.97. The number of carbonyl (C=O) groups is 2. The minimum Gasteiger partial charge on any atom is -0.463 e. The Balaban J connectivity index is 0.976. The molecule has 0 N–H and O–H groups in total. The summed E-state index contributed by atoms with van der Waals surface area (Å²) in [6, 6.07) is 20.6. The van der Waals surface area contributed by atoms with Crippen LogP contribution in [0.25, 0.3) is 43.1 Å². The van der Waals surface area contributed by atoms with Crippen LogP contribution < -0.4 is 9.80 Å². The molecule has 2 fully saturated rings. The Hall–Kier alpha value is -6.48. The lowest BCUT2D eigenvalue weighted by atomic mass is 9.97. The Kier molecular flexibility index (Phi) is 9.65. The number of nitrogens with zero attached hydrogens (tertiary/aromatic N) is 8. The number of nitro benzene ring substituents is 2. The number of benzene rings is 4. The predicted octanol–water partition coefficient (Wildman–Crippen LogP) is 9.80. The highest BCUT2D eigenvalue weighted by Gasteiger charge is 2.38. The molecular formula is C41H28N8O8S4. The van der Waals surface area contributed by atoms with Crippen molar-refractivity contribution in [2.45, 2.75) is 31.0 Å². The minimum atomic E-state index is -0.456. The molecule has 304 valence electrons. The fourth-order valence-electron chi connectivity index (χ4n) is 7.52. The molecule has 8 aromatic rings. The van der Waals surface area contributed by atoms with Crippen molar-refractivity contribution in [3.05, 3.63) is 139 Å². The summed E-state index contributed by atoms with van der Waals surface area (Å²) in [6.45, 7) is 3.95. The minimum absolute atomic E-state index is 0.0308. The molecule has 0 spiro atoms. The van der Waals surface area contributed by atoms with E-state index in [0.717, 1.165) is 55.3 Å². The van der Waals surface area contributed by atoms with Gasteiger partial charge in [-0.25, -0.2) is 0 Å². The van der Waals surface area contributed by atoms with E-state index in [-0.39, 0.29) is 34.7 Å². The average Bonchev–Trinajstić information content (AvgIpc) is 4.13. The number of thioether (sulfide) groups is 2. The fraction of sp³-hybridized carbons (Fsp3) is 0.171. The standard InChI is InChI=1S/C41H28N8O8S4/c1-20-16-56-34-28(20)12-22(14-30(34)36-42-44-40(60-36)46-32(50)18-58-38(46)24-3-7-26(8-4-24)48(52)53)11-23-13-29-21(2)17-57-35(29)31(15-23)37-43-45-41(61-37)47-33(51)19-59-39(47)25-5-9-27(10-6-25)49(54)55/h3-10,12-17,38-39H,11,18-19H2,1-2H3. The van der Waals surface area contributed by atoms with E-state index in [1.807, 2.05) is 26.0 Å². The van der Waals surface area contributed by atoms with Gasteiger partial charge < -0.3 is 8.83 Å². The van der Waals surface area contributed by atoms with Gasteiger partial charge in [0.1, 0.15) is 21.9 Å². The molecule has 2 atom stereocenters. The van der Waals surface area contributed by atoms with E-state index in [2.05, 4.69) is 32.5 Å². The van der Waals surface area contributed by atoms with E-state index in [1.54, 1.807) is 46.6 Å². The van der Waals surface area contributed by atoms with Gasteiger partial charge in [-0.15, -0.1) is 43.9 Å². The summed E-state index contributed by atoms with van der Waals surface area (Å²) in [6.07, 6.45) is 3.91. The van der Waals surface area contributed by atoms with E-state index < -0.39 is 20.6 Å². The number of rotatable bonds is 10. The molecule has 2 saturated heterocycles. The third-order valence-electron chi connectivity index (χ3n) is 10.5. The summed E-state index contributed by atoms with van der Waals surface area (Å²) < 4.78 is 12.2. The summed E-state index contributed by atoms with van der Waals surface area (Å²) in [4.78, 5) is 51.3. The zero-order valence-electron chi connectivity index (χ0n) is 31.8. The van der Waals surface area contributed by atoms with Gasteiger partial charge >= 0.3 is 0 Å². The number of carbonyl (C=O) groups excluding carboxylic acids is 2. The van der Waals surface area contributed by atoms with Crippen molar-refractivity contribution in [3.8, 4) is 21.1 Å². The molecule has 0 saturated carbocycles. The number of aryl methyl sites for hydroxylation is 2. The van der Waals surface area contributed by atoms with E-state index in [4.69, 9.17) is 8.83 Å². The maximum Gasteiger partial charge on any atom is 0.269 e. The van der Waals surface area contributed by atoms with E-state index in [0.29, 0.717) is 37.9 Å². The van der Waals surface area contributed by atoms with Crippen LogP contribution in [0.15, 0.2) is 94.2 Å². The second kappa shape index (κ2) is 15.2. The molecule has 2 aliphatic rings. The molecule has 10 rings (SSSR count). The van der Waals surface area contributed by atoms with Gasteiger partial charge in [-0.05, 0) is 102 Å². The van der Waals surface area contributed by atoms with Crippen LogP contribution in [0.4, 0.5) is 21.6 Å². The number of non-ortho nitro benzene ring substituents is 2. The highest BCUT2D eigenvalue weighted by molar-refractivity contribution is 8.01. The molecule has 4 aromatic heterocycles. The third kappa shape index (κ3) is 6.90. The second-order valence-corrected chi connectivity index (χ2v) is 18.4. The number of furan rings is 2. The largest absolute Gasteiger partial charge is 0.463 e. The van der Waals surface area contributed by atoms with Crippen molar-refractivity contribution >= 4 is 102 Å². The van der Waals surface area contributed by atoms with Crippen molar-refractivity contribution in [1.29, 1.82) is 0 Å². The van der Waals surface area contributed by atoms with E-state index >= 15 is 0 Å².